The molecule has 0 saturated carbocycles. The summed E-state index contributed by atoms with van der Waals surface area (Å²) in [6, 6.07) is 24.4. The van der Waals surface area contributed by atoms with Crippen LogP contribution in [0, 0.1) is 6.92 Å². The fourth-order valence-corrected chi connectivity index (χ4v) is 3.69. The van der Waals surface area contributed by atoms with E-state index in [9.17, 15) is 0 Å². The van der Waals surface area contributed by atoms with E-state index in [-0.39, 0.29) is 0 Å². The molecule has 0 atom stereocenters. The zero-order chi connectivity index (χ0) is 14.9. The van der Waals surface area contributed by atoms with Crippen molar-refractivity contribution in [2.45, 2.75) is 26.2 Å². The van der Waals surface area contributed by atoms with Crippen molar-refractivity contribution in [3.8, 4) is 11.1 Å². The minimum atomic E-state index is 1.01. The van der Waals surface area contributed by atoms with Crippen LogP contribution in [0.15, 0.2) is 66.7 Å². The topological polar surface area (TPSA) is 0 Å². The van der Waals surface area contributed by atoms with Gasteiger partial charge in [-0.05, 0) is 59.6 Å². The molecule has 0 spiro atoms. The van der Waals surface area contributed by atoms with Gasteiger partial charge in [-0.1, -0.05) is 72.3 Å². The Kier molecular flexibility index (Phi) is 3.31. The lowest BCUT2D eigenvalue weighted by molar-refractivity contribution is 0.932. The maximum Gasteiger partial charge on any atom is -0.00194 e. The minimum absolute atomic E-state index is 1.01. The van der Waals surface area contributed by atoms with E-state index in [1.54, 1.807) is 0 Å². The Morgan fingerprint density at radius 1 is 0.773 bits per heavy atom. The van der Waals surface area contributed by atoms with Crippen molar-refractivity contribution >= 4 is 0 Å². The Labute approximate surface area is 132 Å². The lowest BCUT2D eigenvalue weighted by atomic mass is 9.81. The fraction of sp³-hybridized carbons (Fsp3) is 0.182. The van der Waals surface area contributed by atoms with Crippen molar-refractivity contribution < 1.29 is 0 Å². The molecule has 1 aliphatic rings. The van der Waals surface area contributed by atoms with Gasteiger partial charge in [0.05, 0.1) is 0 Å². The molecule has 0 saturated heterocycles. The van der Waals surface area contributed by atoms with Crippen LogP contribution >= 0.6 is 0 Å². The Morgan fingerprint density at radius 3 is 2.36 bits per heavy atom. The predicted octanol–water partition coefficient (Wildman–Crippen LogP) is 5.35. The van der Waals surface area contributed by atoms with Crippen molar-refractivity contribution in [3.63, 3.8) is 0 Å². The molecule has 0 nitrogen and oxygen atoms in total. The molecule has 4 rings (SSSR count). The first kappa shape index (κ1) is 13.3. The lowest BCUT2D eigenvalue weighted by Gasteiger charge is -2.24. The molecule has 108 valence electrons. The van der Waals surface area contributed by atoms with Gasteiger partial charge in [0.1, 0.15) is 0 Å². The summed E-state index contributed by atoms with van der Waals surface area (Å²) in [5.74, 6) is 0. The van der Waals surface area contributed by atoms with Crippen LogP contribution in [0.4, 0.5) is 0 Å². The monoisotopic (exact) mass is 284 g/mol. The molecule has 0 aliphatic heterocycles. The molecule has 22 heavy (non-hydrogen) atoms. The van der Waals surface area contributed by atoms with Gasteiger partial charge in [0.25, 0.3) is 0 Å². The highest BCUT2D eigenvalue weighted by atomic mass is 14.2. The summed E-state index contributed by atoms with van der Waals surface area (Å²) in [4.78, 5) is 0. The second-order valence-corrected chi connectivity index (χ2v) is 6.28. The van der Waals surface area contributed by atoms with Gasteiger partial charge >= 0.3 is 0 Å². The first-order valence-corrected chi connectivity index (χ1v) is 8.06. The molecule has 0 radical (unpaired) electrons. The van der Waals surface area contributed by atoms with E-state index < -0.39 is 0 Å². The molecular formula is C22H20. The van der Waals surface area contributed by atoms with Crippen molar-refractivity contribution in [3.05, 3.63) is 94.5 Å². The van der Waals surface area contributed by atoms with Crippen molar-refractivity contribution in [2.75, 3.05) is 0 Å². The summed E-state index contributed by atoms with van der Waals surface area (Å²) in [5, 5.41) is 0. The Bertz CT molecular complexity index is 813. The highest BCUT2D eigenvalue weighted by Gasteiger charge is 2.19. The lowest BCUT2D eigenvalue weighted by Crippen LogP contribution is -2.07. The molecule has 0 unspecified atom stereocenters. The first-order chi connectivity index (χ1) is 10.8. The number of aryl methyl sites for hydroxylation is 3. The van der Waals surface area contributed by atoms with E-state index in [0.29, 0.717) is 0 Å². The standard InChI is InChI=1S/C22H20/c1-16-13-19-12-11-18-9-5-6-10-21(18)22(19)20(14-16)15-17-7-3-2-4-8-17/h2-10,13-14H,11-12,15H2,1H3. The molecule has 0 N–H and O–H groups in total. The molecule has 0 heterocycles. The van der Waals surface area contributed by atoms with Gasteiger partial charge in [0, 0.05) is 0 Å². The van der Waals surface area contributed by atoms with Gasteiger partial charge in [-0.2, -0.15) is 0 Å². The average Bonchev–Trinajstić information content (AvgIpc) is 2.55. The molecule has 0 aromatic heterocycles. The van der Waals surface area contributed by atoms with Gasteiger partial charge in [-0.15, -0.1) is 0 Å². The highest BCUT2D eigenvalue weighted by molar-refractivity contribution is 5.77. The molecule has 0 amide bonds. The summed E-state index contributed by atoms with van der Waals surface area (Å²) in [6.07, 6.45) is 3.34. The van der Waals surface area contributed by atoms with Gasteiger partial charge in [-0.3, -0.25) is 0 Å². The van der Waals surface area contributed by atoms with Crippen LogP contribution < -0.4 is 0 Å². The average molecular weight is 284 g/mol. The Hall–Kier alpha value is -2.34. The van der Waals surface area contributed by atoms with E-state index in [2.05, 4.69) is 73.7 Å². The molecule has 3 aromatic rings. The van der Waals surface area contributed by atoms with E-state index in [1.807, 2.05) is 0 Å². The molecule has 0 fully saturated rings. The molecule has 1 aliphatic carbocycles. The summed E-state index contributed by atoms with van der Waals surface area (Å²) in [7, 11) is 0. The maximum atomic E-state index is 2.37. The number of hydrogen-bond acceptors (Lipinski definition) is 0. The minimum Gasteiger partial charge on any atom is -0.0622 e. The number of hydrogen-bond donors (Lipinski definition) is 0. The molecule has 0 bridgehead atoms. The molecular weight excluding hydrogens is 264 g/mol. The first-order valence-electron chi connectivity index (χ1n) is 8.06. The second kappa shape index (κ2) is 5.46. The Balaban J connectivity index is 1.88. The summed E-state index contributed by atoms with van der Waals surface area (Å²) < 4.78 is 0. The van der Waals surface area contributed by atoms with Crippen molar-refractivity contribution in [1.29, 1.82) is 0 Å². The smallest absolute Gasteiger partial charge is 0.00194 e. The van der Waals surface area contributed by atoms with E-state index in [1.165, 1.54) is 38.9 Å². The van der Waals surface area contributed by atoms with Gasteiger partial charge in [-0.25, -0.2) is 0 Å². The van der Waals surface area contributed by atoms with Crippen LogP contribution in [0.25, 0.3) is 11.1 Å². The third-order valence-corrected chi connectivity index (χ3v) is 4.63. The van der Waals surface area contributed by atoms with Crippen LogP contribution in [0.5, 0.6) is 0 Å². The van der Waals surface area contributed by atoms with Crippen LogP contribution in [-0.2, 0) is 19.3 Å². The van der Waals surface area contributed by atoms with Crippen LogP contribution in [0.2, 0.25) is 0 Å². The number of fused-ring (bicyclic) bond motifs is 3. The zero-order valence-corrected chi connectivity index (χ0v) is 13.0. The SMILES string of the molecule is Cc1cc2c(c(Cc3ccccc3)c1)-c1ccccc1CC2. The quantitative estimate of drug-likeness (QED) is 0.595. The maximum absolute atomic E-state index is 2.37. The van der Waals surface area contributed by atoms with Gasteiger partial charge in [0.15, 0.2) is 0 Å². The van der Waals surface area contributed by atoms with Gasteiger partial charge < -0.3 is 0 Å². The number of rotatable bonds is 2. The summed E-state index contributed by atoms with van der Waals surface area (Å²) >= 11 is 0. The van der Waals surface area contributed by atoms with Crippen LogP contribution in [-0.4, -0.2) is 0 Å². The third kappa shape index (κ3) is 2.35. The van der Waals surface area contributed by atoms with E-state index >= 15 is 0 Å². The van der Waals surface area contributed by atoms with Gasteiger partial charge in [0.2, 0.25) is 0 Å². The highest BCUT2D eigenvalue weighted by Crippen LogP contribution is 2.37. The van der Waals surface area contributed by atoms with E-state index in [4.69, 9.17) is 0 Å². The predicted molar refractivity (Wildman–Crippen MR) is 93.3 cm³/mol. The summed E-state index contributed by atoms with van der Waals surface area (Å²) in [5.41, 5.74) is 10.2. The summed E-state index contributed by atoms with van der Waals surface area (Å²) in [6.45, 7) is 2.22. The van der Waals surface area contributed by atoms with Crippen molar-refractivity contribution in [2.24, 2.45) is 0 Å². The second-order valence-electron chi connectivity index (χ2n) is 6.28. The Morgan fingerprint density at radius 2 is 1.50 bits per heavy atom. The third-order valence-electron chi connectivity index (χ3n) is 4.63. The fourth-order valence-electron chi connectivity index (χ4n) is 3.69. The van der Waals surface area contributed by atoms with Crippen LogP contribution in [0.1, 0.15) is 27.8 Å². The van der Waals surface area contributed by atoms with E-state index in [0.717, 1.165) is 19.3 Å². The van der Waals surface area contributed by atoms with Crippen LogP contribution in [0.3, 0.4) is 0 Å². The largest absolute Gasteiger partial charge is 0.0622 e. The normalized spacial score (nSPS) is 12.6. The molecule has 0 heteroatoms. The van der Waals surface area contributed by atoms with Crippen molar-refractivity contribution in [1.82, 2.24) is 0 Å². The molecule has 3 aromatic carbocycles. The number of benzene rings is 3. The zero-order valence-electron chi connectivity index (χ0n) is 13.0.